The van der Waals surface area contributed by atoms with Crippen LogP contribution in [0.25, 0.3) is 0 Å². The van der Waals surface area contributed by atoms with Crippen LogP contribution in [0.1, 0.15) is 34.1 Å². The minimum atomic E-state index is -0.217. The fraction of sp³-hybridized carbons (Fsp3) is 0.833. The van der Waals surface area contributed by atoms with E-state index in [-0.39, 0.29) is 29.0 Å². The fourth-order valence-electron chi connectivity index (χ4n) is 1.73. The molecule has 0 aliphatic carbocycles. The predicted molar refractivity (Wildman–Crippen MR) is 77.3 cm³/mol. The summed E-state index contributed by atoms with van der Waals surface area (Å²) < 4.78 is 1.59. The highest BCUT2D eigenvalue weighted by molar-refractivity contribution is 7.99. The molecule has 0 aromatic carbocycles. The van der Waals surface area contributed by atoms with Crippen molar-refractivity contribution in [2.75, 3.05) is 6.61 Å². The zero-order chi connectivity index (χ0) is 14.6. The standard InChI is InChI=1S/C12H24N4O2S/c1-5-6-16-10(18)14-15-11(16)19-8(7-17)9(13)12(2,3)4/h8-9,17H,5-7,13H2,1-4H3,(H,14,18). The van der Waals surface area contributed by atoms with Crippen LogP contribution in [-0.2, 0) is 6.54 Å². The van der Waals surface area contributed by atoms with Gasteiger partial charge in [-0.05, 0) is 11.8 Å². The van der Waals surface area contributed by atoms with E-state index in [1.807, 2.05) is 27.7 Å². The highest BCUT2D eigenvalue weighted by Gasteiger charge is 2.30. The van der Waals surface area contributed by atoms with E-state index in [2.05, 4.69) is 10.2 Å². The minimum Gasteiger partial charge on any atom is -0.395 e. The van der Waals surface area contributed by atoms with Crippen LogP contribution in [0.2, 0.25) is 0 Å². The Labute approximate surface area is 117 Å². The molecular weight excluding hydrogens is 264 g/mol. The van der Waals surface area contributed by atoms with Crippen LogP contribution < -0.4 is 11.4 Å². The molecule has 0 aliphatic rings. The third-order valence-corrected chi connectivity index (χ3v) is 4.28. The maximum atomic E-state index is 11.6. The van der Waals surface area contributed by atoms with Gasteiger partial charge >= 0.3 is 5.69 Å². The molecule has 0 radical (unpaired) electrons. The normalized spacial score (nSPS) is 15.5. The largest absolute Gasteiger partial charge is 0.395 e. The second-order valence-corrected chi connectivity index (χ2v) is 6.90. The minimum absolute atomic E-state index is 0.0454. The Kier molecular flexibility index (Phi) is 5.64. The van der Waals surface area contributed by atoms with Gasteiger partial charge in [-0.25, -0.2) is 9.89 Å². The van der Waals surface area contributed by atoms with Crippen molar-refractivity contribution < 1.29 is 5.11 Å². The number of rotatable bonds is 6. The van der Waals surface area contributed by atoms with Crippen molar-refractivity contribution in [3.8, 4) is 0 Å². The van der Waals surface area contributed by atoms with Gasteiger partial charge in [0.25, 0.3) is 0 Å². The van der Waals surface area contributed by atoms with Crippen molar-refractivity contribution in [1.29, 1.82) is 0 Å². The quantitative estimate of drug-likeness (QED) is 0.673. The SMILES string of the molecule is CCCn1c(SC(CO)C(N)C(C)(C)C)n[nH]c1=O. The lowest BCUT2D eigenvalue weighted by molar-refractivity contribution is 0.232. The van der Waals surface area contributed by atoms with Crippen molar-refractivity contribution in [1.82, 2.24) is 14.8 Å². The number of hydrogen-bond acceptors (Lipinski definition) is 5. The van der Waals surface area contributed by atoms with Crippen LogP contribution in [0.15, 0.2) is 9.95 Å². The first-order chi connectivity index (χ1) is 8.81. The summed E-state index contributed by atoms with van der Waals surface area (Å²) in [6, 6.07) is -0.190. The van der Waals surface area contributed by atoms with Crippen LogP contribution in [-0.4, -0.2) is 37.8 Å². The lowest BCUT2D eigenvalue weighted by Crippen LogP contribution is -2.45. The van der Waals surface area contributed by atoms with Crippen molar-refractivity contribution in [2.24, 2.45) is 11.1 Å². The maximum Gasteiger partial charge on any atom is 0.343 e. The molecular formula is C12H24N4O2S. The molecule has 1 rings (SSSR count). The molecule has 1 aromatic rings. The number of aromatic nitrogens is 3. The number of nitrogens with two attached hydrogens (primary N) is 1. The van der Waals surface area contributed by atoms with Gasteiger partial charge < -0.3 is 10.8 Å². The average Bonchev–Trinajstić information content (AvgIpc) is 2.67. The lowest BCUT2D eigenvalue weighted by Gasteiger charge is -2.32. The second-order valence-electron chi connectivity index (χ2n) is 5.69. The van der Waals surface area contributed by atoms with Gasteiger partial charge in [0.05, 0.1) is 11.9 Å². The van der Waals surface area contributed by atoms with Gasteiger partial charge in [-0.3, -0.25) is 4.57 Å². The molecule has 2 unspecified atom stereocenters. The molecule has 110 valence electrons. The van der Waals surface area contributed by atoms with Crippen LogP contribution in [0.5, 0.6) is 0 Å². The fourth-order valence-corrected chi connectivity index (χ4v) is 3.03. The maximum absolute atomic E-state index is 11.6. The summed E-state index contributed by atoms with van der Waals surface area (Å²) in [7, 11) is 0. The van der Waals surface area contributed by atoms with E-state index in [1.54, 1.807) is 4.57 Å². The zero-order valence-corrected chi connectivity index (χ0v) is 12.8. The highest BCUT2D eigenvalue weighted by Crippen LogP contribution is 2.30. The van der Waals surface area contributed by atoms with E-state index < -0.39 is 0 Å². The molecule has 1 aromatic heterocycles. The zero-order valence-electron chi connectivity index (χ0n) is 12.0. The molecule has 0 saturated heterocycles. The Hall–Kier alpha value is -0.790. The summed E-state index contributed by atoms with van der Waals surface area (Å²) >= 11 is 1.36. The highest BCUT2D eigenvalue weighted by atomic mass is 32.2. The average molecular weight is 288 g/mol. The summed E-state index contributed by atoms with van der Waals surface area (Å²) in [6.45, 7) is 8.66. The molecule has 0 amide bonds. The van der Waals surface area contributed by atoms with E-state index in [4.69, 9.17) is 5.73 Å². The van der Waals surface area contributed by atoms with Gasteiger partial charge in [-0.2, -0.15) is 0 Å². The van der Waals surface area contributed by atoms with Crippen molar-refractivity contribution in [3.05, 3.63) is 10.5 Å². The Bertz CT molecular complexity index is 449. The number of H-pyrrole nitrogens is 1. The molecule has 19 heavy (non-hydrogen) atoms. The number of aromatic amines is 1. The van der Waals surface area contributed by atoms with Crippen molar-refractivity contribution in [3.63, 3.8) is 0 Å². The van der Waals surface area contributed by atoms with Gasteiger partial charge in [0.2, 0.25) is 0 Å². The number of nitrogens with one attached hydrogen (secondary N) is 1. The second kappa shape index (κ2) is 6.58. The lowest BCUT2D eigenvalue weighted by atomic mass is 9.85. The van der Waals surface area contributed by atoms with Gasteiger partial charge in [0, 0.05) is 12.6 Å². The Balaban J connectivity index is 2.90. The third-order valence-electron chi connectivity index (χ3n) is 3.01. The Morgan fingerprint density at radius 2 is 2.16 bits per heavy atom. The molecule has 0 aliphatic heterocycles. The van der Waals surface area contributed by atoms with E-state index in [9.17, 15) is 9.90 Å². The van der Waals surface area contributed by atoms with E-state index >= 15 is 0 Å². The molecule has 6 nitrogen and oxygen atoms in total. The molecule has 1 heterocycles. The van der Waals surface area contributed by atoms with Gasteiger partial charge in [-0.15, -0.1) is 5.10 Å². The van der Waals surface area contributed by atoms with E-state index in [0.29, 0.717) is 11.7 Å². The number of aliphatic hydroxyl groups excluding tert-OH is 1. The van der Waals surface area contributed by atoms with Gasteiger partial charge in [-0.1, -0.05) is 39.5 Å². The first-order valence-electron chi connectivity index (χ1n) is 6.49. The van der Waals surface area contributed by atoms with Crippen molar-refractivity contribution >= 4 is 11.8 Å². The first-order valence-corrected chi connectivity index (χ1v) is 7.37. The van der Waals surface area contributed by atoms with Crippen LogP contribution >= 0.6 is 11.8 Å². The molecule has 4 N–H and O–H groups in total. The molecule has 7 heteroatoms. The number of thioether (sulfide) groups is 1. The van der Waals surface area contributed by atoms with Crippen LogP contribution in [0, 0.1) is 5.41 Å². The van der Waals surface area contributed by atoms with Gasteiger partial charge in [0.1, 0.15) is 0 Å². The smallest absolute Gasteiger partial charge is 0.343 e. The number of hydrogen-bond donors (Lipinski definition) is 3. The first kappa shape index (κ1) is 16.3. The summed E-state index contributed by atoms with van der Waals surface area (Å²) in [5.41, 5.74) is 5.84. The third kappa shape index (κ3) is 4.09. The summed E-state index contributed by atoms with van der Waals surface area (Å²) in [4.78, 5) is 11.6. The molecule has 0 fully saturated rings. The summed E-state index contributed by atoms with van der Waals surface area (Å²) in [5, 5.41) is 16.4. The Morgan fingerprint density at radius 3 is 2.63 bits per heavy atom. The number of nitrogens with zero attached hydrogens (tertiary/aromatic N) is 2. The molecule has 2 atom stereocenters. The Morgan fingerprint density at radius 1 is 1.53 bits per heavy atom. The predicted octanol–water partition coefficient (Wildman–Crippen LogP) is 0.808. The molecule has 0 bridgehead atoms. The van der Waals surface area contributed by atoms with E-state index in [1.165, 1.54) is 11.8 Å². The summed E-state index contributed by atoms with van der Waals surface area (Å²) in [5.74, 6) is 0. The van der Waals surface area contributed by atoms with Gasteiger partial charge in [0.15, 0.2) is 5.16 Å². The van der Waals surface area contributed by atoms with E-state index in [0.717, 1.165) is 6.42 Å². The van der Waals surface area contributed by atoms with Crippen LogP contribution in [0.3, 0.4) is 0 Å². The van der Waals surface area contributed by atoms with Crippen LogP contribution in [0.4, 0.5) is 0 Å². The van der Waals surface area contributed by atoms with Crippen molar-refractivity contribution in [2.45, 2.75) is 57.1 Å². The topological polar surface area (TPSA) is 96.9 Å². The molecule has 0 saturated carbocycles. The molecule has 0 spiro atoms. The monoisotopic (exact) mass is 288 g/mol. The summed E-state index contributed by atoms with van der Waals surface area (Å²) in [6.07, 6.45) is 0.849. The number of aliphatic hydroxyl groups is 1.